The summed E-state index contributed by atoms with van der Waals surface area (Å²) in [4.78, 5) is 10.8. The molecule has 0 amide bonds. The molecule has 0 aliphatic rings. The second kappa shape index (κ2) is 6.23. The van der Waals surface area contributed by atoms with E-state index in [9.17, 15) is 4.79 Å². The molecule has 16 heavy (non-hydrogen) atoms. The Morgan fingerprint density at radius 1 is 1.50 bits per heavy atom. The predicted octanol–water partition coefficient (Wildman–Crippen LogP) is 2.25. The number of hydrogen-bond donors (Lipinski definition) is 1. The number of halogens is 1. The minimum absolute atomic E-state index is 0.237. The van der Waals surface area contributed by atoms with Crippen LogP contribution in [0.4, 0.5) is 5.69 Å². The largest absolute Gasteiger partial charge is 0.494 e. The number of anilines is 1. The fraction of sp³-hybridized carbons (Fsp3) is 0.364. The summed E-state index contributed by atoms with van der Waals surface area (Å²) in [5.41, 5.74) is 6.07. The molecule has 0 aliphatic heterocycles. The van der Waals surface area contributed by atoms with Gasteiger partial charge in [0.05, 0.1) is 24.4 Å². The molecule has 4 nitrogen and oxygen atoms in total. The highest BCUT2D eigenvalue weighted by Gasteiger charge is 2.01. The molecule has 1 aromatic rings. The Morgan fingerprint density at radius 2 is 2.25 bits per heavy atom. The first-order valence-electron chi connectivity index (χ1n) is 4.88. The molecule has 0 fully saturated rings. The molecule has 0 saturated heterocycles. The van der Waals surface area contributed by atoms with Crippen molar-refractivity contribution in [3.63, 3.8) is 0 Å². The van der Waals surface area contributed by atoms with Crippen molar-refractivity contribution in [2.75, 3.05) is 19.5 Å². The van der Waals surface area contributed by atoms with Gasteiger partial charge in [0.1, 0.15) is 5.75 Å². The highest BCUT2D eigenvalue weighted by molar-refractivity contribution is 6.33. The van der Waals surface area contributed by atoms with Gasteiger partial charge >= 0.3 is 5.97 Å². The Bertz CT molecular complexity index is 368. The first-order chi connectivity index (χ1) is 7.63. The molecule has 5 heteroatoms. The van der Waals surface area contributed by atoms with Gasteiger partial charge in [-0.3, -0.25) is 4.79 Å². The molecule has 0 unspecified atom stereocenters. The highest BCUT2D eigenvalue weighted by atomic mass is 35.5. The summed E-state index contributed by atoms with van der Waals surface area (Å²) in [5.74, 6) is 0.406. The van der Waals surface area contributed by atoms with Crippen LogP contribution in [0, 0.1) is 0 Å². The Kier molecular flexibility index (Phi) is 4.92. The lowest BCUT2D eigenvalue weighted by Crippen LogP contribution is -2.04. The van der Waals surface area contributed by atoms with E-state index in [0.29, 0.717) is 35.9 Å². The summed E-state index contributed by atoms with van der Waals surface area (Å²) in [6.45, 7) is 0.440. The first kappa shape index (κ1) is 12.6. The van der Waals surface area contributed by atoms with E-state index in [1.807, 2.05) is 0 Å². The van der Waals surface area contributed by atoms with Crippen molar-refractivity contribution in [3.05, 3.63) is 23.2 Å². The molecule has 0 aliphatic carbocycles. The zero-order chi connectivity index (χ0) is 12.0. The van der Waals surface area contributed by atoms with Crippen molar-refractivity contribution < 1.29 is 14.3 Å². The van der Waals surface area contributed by atoms with Gasteiger partial charge in [-0.25, -0.2) is 0 Å². The molecule has 0 radical (unpaired) electrons. The molecular formula is C11H14ClNO3. The Labute approximate surface area is 99.3 Å². The maximum absolute atomic E-state index is 10.8. The van der Waals surface area contributed by atoms with Gasteiger partial charge in [0.25, 0.3) is 0 Å². The van der Waals surface area contributed by atoms with Crippen LogP contribution >= 0.6 is 11.6 Å². The molecule has 1 aromatic carbocycles. The fourth-order valence-electron chi connectivity index (χ4n) is 1.11. The standard InChI is InChI=1S/C11H14ClNO3/c1-15-11(14)3-2-6-16-8-4-5-10(13)9(12)7-8/h4-5,7H,2-3,6,13H2,1H3. The number of methoxy groups -OCH3 is 1. The number of nitrogens with two attached hydrogens (primary N) is 1. The minimum atomic E-state index is -0.237. The van der Waals surface area contributed by atoms with E-state index in [0.717, 1.165) is 0 Å². The lowest BCUT2D eigenvalue weighted by Gasteiger charge is -2.06. The number of hydrogen-bond acceptors (Lipinski definition) is 4. The molecule has 0 heterocycles. The summed E-state index contributed by atoms with van der Waals surface area (Å²) >= 11 is 5.82. The van der Waals surface area contributed by atoms with E-state index >= 15 is 0 Å². The van der Waals surface area contributed by atoms with Crippen molar-refractivity contribution in [3.8, 4) is 5.75 Å². The van der Waals surface area contributed by atoms with Gasteiger partial charge in [0.15, 0.2) is 0 Å². The number of benzene rings is 1. The van der Waals surface area contributed by atoms with Gasteiger partial charge < -0.3 is 15.2 Å². The van der Waals surface area contributed by atoms with E-state index in [1.165, 1.54) is 7.11 Å². The number of nitrogen functional groups attached to an aromatic ring is 1. The molecule has 0 aromatic heterocycles. The summed E-state index contributed by atoms with van der Waals surface area (Å²) in [7, 11) is 1.36. The molecule has 1 rings (SSSR count). The van der Waals surface area contributed by atoms with Crippen LogP contribution < -0.4 is 10.5 Å². The number of esters is 1. The van der Waals surface area contributed by atoms with Crippen LogP contribution in [0.15, 0.2) is 18.2 Å². The van der Waals surface area contributed by atoms with Crippen LogP contribution in [-0.4, -0.2) is 19.7 Å². The predicted molar refractivity (Wildman–Crippen MR) is 62.6 cm³/mol. The smallest absolute Gasteiger partial charge is 0.305 e. The van der Waals surface area contributed by atoms with Gasteiger partial charge in [-0.05, 0) is 18.6 Å². The summed E-state index contributed by atoms with van der Waals surface area (Å²) in [6.07, 6.45) is 0.952. The van der Waals surface area contributed by atoms with Crippen LogP contribution in [0.5, 0.6) is 5.75 Å². The normalized spacial score (nSPS) is 9.88. The van der Waals surface area contributed by atoms with E-state index in [2.05, 4.69) is 4.74 Å². The lowest BCUT2D eigenvalue weighted by molar-refractivity contribution is -0.140. The third kappa shape index (κ3) is 3.98. The van der Waals surface area contributed by atoms with Crippen LogP contribution in [-0.2, 0) is 9.53 Å². The topological polar surface area (TPSA) is 61.5 Å². The van der Waals surface area contributed by atoms with Crippen LogP contribution in [0.25, 0.3) is 0 Å². The maximum atomic E-state index is 10.8. The van der Waals surface area contributed by atoms with Crippen molar-refractivity contribution in [2.24, 2.45) is 0 Å². The third-order valence-corrected chi connectivity index (χ3v) is 2.32. The Morgan fingerprint density at radius 3 is 2.88 bits per heavy atom. The van der Waals surface area contributed by atoms with Crippen molar-refractivity contribution in [1.82, 2.24) is 0 Å². The lowest BCUT2D eigenvalue weighted by atomic mass is 10.3. The maximum Gasteiger partial charge on any atom is 0.305 e. The van der Waals surface area contributed by atoms with E-state index in [1.54, 1.807) is 18.2 Å². The average Bonchev–Trinajstić information content (AvgIpc) is 2.28. The van der Waals surface area contributed by atoms with E-state index in [4.69, 9.17) is 22.1 Å². The third-order valence-electron chi connectivity index (χ3n) is 1.99. The molecular weight excluding hydrogens is 230 g/mol. The van der Waals surface area contributed by atoms with Gasteiger partial charge in [0.2, 0.25) is 0 Å². The highest BCUT2D eigenvalue weighted by Crippen LogP contribution is 2.24. The van der Waals surface area contributed by atoms with E-state index < -0.39 is 0 Å². The quantitative estimate of drug-likeness (QED) is 0.490. The van der Waals surface area contributed by atoms with Crippen LogP contribution in [0.3, 0.4) is 0 Å². The number of ether oxygens (including phenoxy) is 2. The monoisotopic (exact) mass is 243 g/mol. The number of carbonyl (C=O) groups excluding carboxylic acids is 1. The summed E-state index contributed by atoms with van der Waals surface area (Å²) in [5, 5.41) is 0.463. The Balaban J connectivity index is 2.32. The first-order valence-corrected chi connectivity index (χ1v) is 5.26. The second-order valence-electron chi connectivity index (χ2n) is 3.21. The van der Waals surface area contributed by atoms with Gasteiger partial charge in [-0.1, -0.05) is 11.6 Å². The fourth-order valence-corrected chi connectivity index (χ4v) is 1.28. The summed E-state index contributed by atoms with van der Waals surface area (Å²) in [6, 6.07) is 5.06. The zero-order valence-corrected chi connectivity index (χ0v) is 9.79. The second-order valence-corrected chi connectivity index (χ2v) is 3.62. The summed E-state index contributed by atoms with van der Waals surface area (Å²) < 4.78 is 9.89. The zero-order valence-electron chi connectivity index (χ0n) is 9.03. The van der Waals surface area contributed by atoms with Crippen molar-refractivity contribution >= 4 is 23.3 Å². The molecule has 88 valence electrons. The molecule has 0 atom stereocenters. The Hall–Kier alpha value is -1.42. The van der Waals surface area contributed by atoms with Crippen molar-refractivity contribution in [2.45, 2.75) is 12.8 Å². The minimum Gasteiger partial charge on any atom is -0.494 e. The van der Waals surface area contributed by atoms with Crippen molar-refractivity contribution in [1.29, 1.82) is 0 Å². The molecule has 0 saturated carbocycles. The van der Waals surface area contributed by atoms with Crippen LogP contribution in [0.2, 0.25) is 5.02 Å². The molecule has 2 N–H and O–H groups in total. The van der Waals surface area contributed by atoms with E-state index in [-0.39, 0.29) is 5.97 Å². The molecule has 0 spiro atoms. The number of carbonyl (C=O) groups is 1. The average molecular weight is 244 g/mol. The van der Waals surface area contributed by atoms with Gasteiger partial charge in [-0.15, -0.1) is 0 Å². The SMILES string of the molecule is COC(=O)CCCOc1ccc(N)c(Cl)c1. The van der Waals surface area contributed by atoms with Crippen LogP contribution in [0.1, 0.15) is 12.8 Å². The van der Waals surface area contributed by atoms with Gasteiger partial charge in [-0.2, -0.15) is 0 Å². The molecule has 0 bridgehead atoms. The number of rotatable bonds is 5. The van der Waals surface area contributed by atoms with Gasteiger partial charge in [0, 0.05) is 12.5 Å².